The lowest BCUT2D eigenvalue weighted by Gasteiger charge is -2.25. The van der Waals surface area contributed by atoms with Gasteiger partial charge in [-0.3, -0.25) is 10.2 Å². The largest absolute Gasteiger partial charge is 0.454 e. The molecule has 32 heavy (non-hydrogen) atoms. The van der Waals surface area contributed by atoms with Gasteiger partial charge in [-0.2, -0.15) is 5.26 Å². The number of nitrogens with zero attached hydrogens (tertiary/aromatic N) is 2. The molecular formula is C23H22FN5O2S. The molecule has 3 N–H and O–H groups in total. The molecule has 0 unspecified atom stereocenters. The Morgan fingerprint density at radius 2 is 2.03 bits per heavy atom. The predicted octanol–water partition coefficient (Wildman–Crippen LogP) is 4.51. The number of hydrogen-bond donors (Lipinski definition) is 3. The maximum atomic E-state index is 14.5. The molecule has 0 saturated heterocycles. The number of allylic oxidation sites excluding steroid dienone is 1. The van der Waals surface area contributed by atoms with E-state index < -0.39 is 5.82 Å². The highest BCUT2D eigenvalue weighted by molar-refractivity contribution is 8.00. The summed E-state index contributed by atoms with van der Waals surface area (Å²) in [4.78, 5) is 13.9. The number of hydrogen-bond acceptors (Lipinski definition) is 7. The van der Waals surface area contributed by atoms with Crippen LogP contribution in [0.25, 0.3) is 5.57 Å². The van der Waals surface area contributed by atoms with Crippen molar-refractivity contribution in [3.8, 4) is 17.6 Å². The summed E-state index contributed by atoms with van der Waals surface area (Å²) in [6, 6.07) is 11.1. The minimum atomic E-state index is -0.672. The summed E-state index contributed by atoms with van der Waals surface area (Å²) in [5.41, 5.74) is 2.14. The quantitative estimate of drug-likeness (QED) is 0.423. The highest BCUT2D eigenvalue weighted by atomic mass is 32.2. The maximum absolute atomic E-state index is 14.5. The van der Waals surface area contributed by atoms with Crippen molar-refractivity contribution < 1.29 is 13.9 Å². The molecule has 1 amide bonds. The summed E-state index contributed by atoms with van der Waals surface area (Å²) in [6.45, 7) is 2.01. The van der Waals surface area contributed by atoms with Gasteiger partial charge >= 0.3 is 0 Å². The molecule has 2 aromatic rings. The molecule has 0 aromatic heterocycles. The number of carbonyl (C=O) groups is 1. The molecule has 164 valence electrons. The Kier molecular flexibility index (Phi) is 7.18. The van der Waals surface area contributed by atoms with E-state index in [9.17, 15) is 9.18 Å². The molecule has 0 aliphatic carbocycles. The lowest BCUT2D eigenvalue weighted by Crippen LogP contribution is -2.33. The van der Waals surface area contributed by atoms with Crippen LogP contribution in [0.1, 0.15) is 18.1 Å². The normalized spacial score (nSPS) is 14.8. The van der Waals surface area contributed by atoms with E-state index in [2.05, 4.69) is 10.0 Å². The number of carbonyl (C=O) groups excluding carboxylic acids is 1. The van der Waals surface area contributed by atoms with Gasteiger partial charge in [0.15, 0.2) is 11.6 Å². The monoisotopic (exact) mass is 451 g/mol. The summed E-state index contributed by atoms with van der Waals surface area (Å²) in [5.74, 6) is 0.115. The standard InChI is InChI=1S/C23H22FN5O2S/c1-4-32-28-15-6-8-20(31-21-7-5-14(11-25)9-19(21)24)16(10-15)18-13-29(3)23(30)17(12-27-2)22(18)26/h5-10,12-13,26-28H,4H2,1-3H3/b17-12+,26-22?. The average molecular weight is 452 g/mol. The highest BCUT2D eigenvalue weighted by Gasteiger charge is 2.29. The van der Waals surface area contributed by atoms with Crippen LogP contribution >= 0.6 is 11.9 Å². The number of benzene rings is 2. The van der Waals surface area contributed by atoms with Gasteiger partial charge in [-0.25, -0.2) is 4.39 Å². The van der Waals surface area contributed by atoms with Gasteiger partial charge in [0.25, 0.3) is 5.91 Å². The molecule has 1 aliphatic rings. The second-order valence-electron chi connectivity index (χ2n) is 6.79. The molecule has 2 aromatic carbocycles. The van der Waals surface area contributed by atoms with Crippen LogP contribution in [0.2, 0.25) is 0 Å². The third-order valence-corrected chi connectivity index (χ3v) is 5.25. The molecule has 0 bridgehead atoms. The molecule has 0 spiro atoms. The summed E-state index contributed by atoms with van der Waals surface area (Å²) in [5, 5.41) is 20.4. The van der Waals surface area contributed by atoms with Crippen molar-refractivity contribution in [2.75, 3.05) is 24.6 Å². The summed E-state index contributed by atoms with van der Waals surface area (Å²) >= 11 is 1.50. The molecule has 0 radical (unpaired) electrons. The minimum absolute atomic E-state index is 0.0212. The zero-order chi connectivity index (χ0) is 23.3. The van der Waals surface area contributed by atoms with Gasteiger partial charge in [0, 0.05) is 49.1 Å². The topological polar surface area (TPSA) is 101 Å². The van der Waals surface area contributed by atoms with Crippen LogP contribution in [-0.4, -0.2) is 36.4 Å². The van der Waals surface area contributed by atoms with Gasteiger partial charge in [-0.1, -0.05) is 18.9 Å². The molecular weight excluding hydrogens is 429 g/mol. The third kappa shape index (κ3) is 4.76. The Morgan fingerprint density at radius 1 is 1.28 bits per heavy atom. The second-order valence-corrected chi connectivity index (χ2v) is 7.86. The number of nitriles is 1. The number of likely N-dealkylation sites (N-methyl/N-ethyl adjacent to an activating group) is 1. The van der Waals surface area contributed by atoms with Crippen molar-refractivity contribution >= 4 is 34.8 Å². The molecule has 0 saturated carbocycles. The first kappa shape index (κ1) is 22.9. The average Bonchev–Trinajstić information content (AvgIpc) is 2.79. The van der Waals surface area contributed by atoms with E-state index in [1.807, 2.05) is 13.0 Å². The maximum Gasteiger partial charge on any atom is 0.261 e. The molecule has 1 aliphatic heterocycles. The number of ether oxygens (including phenoxy) is 1. The minimum Gasteiger partial charge on any atom is -0.454 e. The Bertz CT molecular complexity index is 1170. The smallest absolute Gasteiger partial charge is 0.261 e. The number of rotatable bonds is 7. The molecule has 3 rings (SSSR count). The van der Waals surface area contributed by atoms with Crippen molar-refractivity contribution in [3.05, 3.63) is 71.3 Å². The molecule has 0 fully saturated rings. The Hall–Kier alpha value is -3.77. The zero-order valence-electron chi connectivity index (χ0n) is 17.8. The number of anilines is 1. The van der Waals surface area contributed by atoms with Crippen LogP contribution in [0.4, 0.5) is 10.1 Å². The van der Waals surface area contributed by atoms with Crippen molar-refractivity contribution in [1.29, 1.82) is 10.7 Å². The number of halogens is 1. The van der Waals surface area contributed by atoms with Crippen LogP contribution in [0.3, 0.4) is 0 Å². The van der Waals surface area contributed by atoms with E-state index in [-0.39, 0.29) is 28.5 Å². The van der Waals surface area contributed by atoms with E-state index in [4.69, 9.17) is 15.4 Å². The first-order chi connectivity index (χ1) is 15.4. The first-order valence-electron chi connectivity index (χ1n) is 9.75. The Balaban J connectivity index is 2.11. The fourth-order valence-corrected chi connectivity index (χ4v) is 3.50. The van der Waals surface area contributed by atoms with Crippen LogP contribution in [0.5, 0.6) is 11.5 Å². The SMILES string of the molecule is CCSNc1ccc(Oc2ccc(C#N)cc2F)c(C2=CN(C)C(=O)/C(=C/NC)C2=N)c1. The van der Waals surface area contributed by atoms with Crippen LogP contribution in [-0.2, 0) is 4.79 Å². The summed E-state index contributed by atoms with van der Waals surface area (Å²) < 4.78 is 23.5. The zero-order valence-corrected chi connectivity index (χ0v) is 18.6. The van der Waals surface area contributed by atoms with Crippen LogP contribution in [0, 0.1) is 22.6 Å². The van der Waals surface area contributed by atoms with Crippen molar-refractivity contribution in [1.82, 2.24) is 10.2 Å². The van der Waals surface area contributed by atoms with Gasteiger partial charge < -0.3 is 19.7 Å². The molecule has 1 heterocycles. The Labute approximate surface area is 190 Å². The van der Waals surface area contributed by atoms with Crippen molar-refractivity contribution in [2.45, 2.75) is 6.92 Å². The second kappa shape index (κ2) is 10.0. The number of nitrogens with one attached hydrogen (secondary N) is 3. The molecule has 7 nitrogen and oxygen atoms in total. The number of amides is 1. The van der Waals surface area contributed by atoms with Gasteiger partial charge in [0.05, 0.1) is 22.9 Å². The highest BCUT2D eigenvalue weighted by Crippen LogP contribution is 2.37. The van der Waals surface area contributed by atoms with E-state index >= 15 is 0 Å². The Morgan fingerprint density at radius 3 is 2.69 bits per heavy atom. The van der Waals surface area contributed by atoms with E-state index in [1.54, 1.807) is 38.5 Å². The van der Waals surface area contributed by atoms with Crippen molar-refractivity contribution in [3.63, 3.8) is 0 Å². The first-order valence-corrected chi connectivity index (χ1v) is 10.7. The summed E-state index contributed by atoms with van der Waals surface area (Å²) in [7, 11) is 3.26. The van der Waals surface area contributed by atoms with E-state index in [1.165, 1.54) is 35.2 Å². The van der Waals surface area contributed by atoms with Gasteiger partial charge in [0.2, 0.25) is 0 Å². The molecule has 9 heteroatoms. The van der Waals surface area contributed by atoms with Gasteiger partial charge in [-0.15, -0.1) is 0 Å². The van der Waals surface area contributed by atoms with E-state index in [0.29, 0.717) is 16.9 Å². The lowest BCUT2D eigenvalue weighted by atomic mass is 9.92. The fourth-order valence-electron chi connectivity index (χ4n) is 3.06. The summed E-state index contributed by atoms with van der Waals surface area (Å²) in [6.07, 6.45) is 3.04. The van der Waals surface area contributed by atoms with Gasteiger partial charge in [-0.05, 0) is 36.4 Å². The lowest BCUT2D eigenvalue weighted by molar-refractivity contribution is -0.123. The molecule has 0 atom stereocenters. The fraction of sp³-hybridized carbons (Fsp3) is 0.174. The van der Waals surface area contributed by atoms with Gasteiger partial charge in [0.1, 0.15) is 5.75 Å². The van der Waals surface area contributed by atoms with Crippen LogP contribution < -0.4 is 14.8 Å². The van der Waals surface area contributed by atoms with Crippen molar-refractivity contribution in [2.24, 2.45) is 0 Å². The third-order valence-electron chi connectivity index (χ3n) is 4.59. The van der Waals surface area contributed by atoms with Crippen LogP contribution in [0.15, 0.2) is 54.4 Å². The van der Waals surface area contributed by atoms with E-state index in [0.717, 1.165) is 17.5 Å². The predicted molar refractivity (Wildman–Crippen MR) is 125 cm³/mol.